The van der Waals surface area contributed by atoms with Crippen molar-refractivity contribution >= 4 is 11.8 Å². The van der Waals surface area contributed by atoms with Crippen LogP contribution in [0.25, 0.3) is 22.5 Å². The molecule has 4 heterocycles. The van der Waals surface area contributed by atoms with Crippen LogP contribution in [-0.2, 0) is 6.18 Å². The summed E-state index contributed by atoms with van der Waals surface area (Å²) in [7, 11) is 0. The van der Waals surface area contributed by atoms with Crippen LogP contribution < -0.4 is 10.6 Å². The van der Waals surface area contributed by atoms with E-state index >= 15 is 0 Å². The zero-order chi connectivity index (χ0) is 37.6. The van der Waals surface area contributed by atoms with Crippen molar-refractivity contribution in [3.8, 4) is 34.9 Å². The van der Waals surface area contributed by atoms with Crippen LogP contribution in [0.15, 0.2) is 54.9 Å². The number of aromatic nitrogens is 4. The number of carbonyl (C=O) groups excluding carboxylic acids is 2. The number of nitriles is 2. The molecule has 4 aromatic rings. The van der Waals surface area contributed by atoms with Crippen molar-refractivity contribution in [2.75, 3.05) is 26.2 Å². The number of likely N-dealkylation sites (tertiary alicyclic amines) is 2. The molecule has 0 radical (unpaired) electrons. The summed E-state index contributed by atoms with van der Waals surface area (Å²) < 4.78 is 80.6. The molecule has 2 N–H and O–H groups in total. The molecule has 6 rings (SSSR count). The SMILES string of the molecule is Cc1ncc(F)c(-c2ccc(C(=O)N[C@@H]3CCN(C#N)C3)c(F)c2)n1.N#CN1CC[C@@H](NC(=O)c2ccc(-c3ccnc(C(F)(F)F)n3)cc2F)C1. The number of benzene rings is 2. The molecule has 0 saturated carbocycles. The van der Waals surface area contributed by atoms with Gasteiger partial charge in [-0.15, -0.1) is 0 Å². The molecule has 52 heavy (non-hydrogen) atoms. The lowest BCUT2D eigenvalue weighted by Crippen LogP contribution is -2.36. The molecular weight excluding hydrogens is 694 g/mol. The minimum atomic E-state index is -4.72. The van der Waals surface area contributed by atoms with Crippen molar-refractivity contribution in [2.45, 2.75) is 38.0 Å². The van der Waals surface area contributed by atoms with E-state index in [2.05, 4.69) is 30.6 Å². The number of nitrogens with zero attached hydrogens (tertiary/aromatic N) is 8. The predicted octanol–water partition coefficient (Wildman–Crippen LogP) is 4.60. The van der Waals surface area contributed by atoms with Gasteiger partial charge in [-0.25, -0.2) is 33.1 Å². The largest absolute Gasteiger partial charge is 0.451 e. The van der Waals surface area contributed by atoms with Gasteiger partial charge in [0, 0.05) is 55.6 Å². The monoisotopic (exact) mass is 722 g/mol. The van der Waals surface area contributed by atoms with Crippen molar-refractivity contribution in [3.05, 3.63) is 95.1 Å². The van der Waals surface area contributed by atoms with Gasteiger partial charge >= 0.3 is 6.18 Å². The van der Waals surface area contributed by atoms with E-state index in [-0.39, 0.29) is 45.7 Å². The number of alkyl halides is 3. The topological polar surface area (TPSA) is 164 Å². The van der Waals surface area contributed by atoms with E-state index in [1.807, 2.05) is 12.4 Å². The maximum Gasteiger partial charge on any atom is 0.451 e. The van der Waals surface area contributed by atoms with Gasteiger partial charge in [0.05, 0.1) is 23.0 Å². The van der Waals surface area contributed by atoms with Crippen molar-refractivity contribution < 1.29 is 35.9 Å². The molecule has 2 aliphatic heterocycles. The minimum absolute atomic E-state index is 0.0150. The average Bonchev–Trinajstić information content (AvgIpc) is 3.78. The summed E-state index contributed by atoms with van der Waals surface area (Å²) in [5, 5.41) is 23.0. The lowest BCUT2D eigenvalue weighted by molar-refractivity contribution is -0.144. The first kappa shape index (κ1) is 37.0. The van der Waals surface area contributed by atoms with Crippen LogP contribution in [0.4, 0.5) is 26.3 Å². The molecule has 2 aliphatic rings. The van der Waals surface area contributed by atoms with Gasteiger partial charge < -0.3 is 20.4 Å². The number of amides is 2. The first-order valence-corrected chi connectivity index (χ1v) is 15.7. The molecule has 18 heteroatoms. The van der Waals surface area contributed by atoms with E-state index < -0.39 is 41.3 Å². The highest BCUT2D eigenvalue weighted by Gasteiger charge is 2.35. The standard InChI is InChI=1S/C17H13F4N5O.C17H15F2N5O/c18-13-7-10(14-3-5-23-16(25-14)17(19,20)21)1-2-12(13)15(27)24-11-4-6-26(8-11)9-22;1-10-21-7-15(19)16(22-10)11-2-3-13(14(18)6-11)17(25)23-12-4-5-24(8-12)9-20/h1-3,5,7,11H,4,6,8H2,(H,24,27);2-3,6-7,12H,4-5,8H2,1H3,(H,23,25)/t11-;12-/m11/s1. The lowest BCUT2D eigenvalue weighted by atomic mass is 10.1. The van der Waals surface area contributed by atoms with Gasteiger partial charge in [0.15, 0.2) is 18.2 Å². The molecule has 0 spiro atoms. The molecule has 0 aliphatic carbocycles. The van der Waals surface area contributed by atoms with Gasteiger partial charge in [-0.05, 0) is 50.1 Å². The number of halogens is 6. The Labute approximate surface area is 292 Å². The molecule has 0 bridgehead atoms. The van der Waals surface area contributed by atoms with Crippen LogP contribution in [0, 0.1) is 47.3 Å². The third-order valence-corrected chi connectivity index (χ3v) is 8.10. The Bertz CT molecular complexity index is 2070. The van der Waals surface area contributed by atoms with E-state index in [0.29, 0.717) is 44.8 Å². The number of aryl methyl sites for hydroxylation is 1. The van der Waals surface area contributed by atoms with Crippen LogP contribution in [-0.4, -0.2) is 79.8 Å². The Balaban J connectivity index is 0.000000202. The molecule has 2 fully saturated rings. The first-order chi connectivity index (χ1) is 24.7. The van der Waals surface area contributed by atoms with Crippen molar-refractivity contribution in [2.24, 2.45) is 0 Å². The molecule has 2 atom stereocenters. The Morgan fingerprint density at radius 1 is 0.788 bits per heavy atom. The first-order valence-electron chi connectivity index (χ1n) is 15.7. The van der Waals surface area contributed by atoms with Gasteiger partial charge in [-0.3, -0.25) is 9.59 Å². The van der Waals surface area contributed by atoms with Gasteiger partial charge in [-0.1, -0.05) is 12.1 Å². The summed E-state index contributed by atoms with van der Waals surface area (Å²) >= 11 is 0. The summed E-state index contributed by atoms with van der Waals surface area (Å²) in [6.07, 6.45) is 2.43. The van der Waals surface area contributed by atoms with Crippen LogP contribution in [0.3, 0.4) is 0 Å². The summed E-state index contributed by atoms with van der Waals surface area (Å²) in [5.41, 5.74) is -0.172. The van der Waals surface area contributed by atoms with Gasteiger partial charge in [0.25, 0.3) is 11.8 Å². The fourth-order valence-electron chi connectivity index (χ4n) is 5.48. The molecule has 268 valence electrons. The smallest absolute Gasteiger partial charge is 0.347 e. The highest BCUT2D eigenvalue weighted by atomic mass is 19.4. The Hall–Kier alpha value is -6.30. The summed E-state index contributed by atoms with van der Waals surface area (Å²) in [5.74, 6) is -4.49. The summed E-state index contributed by atoms with van der Waals surface area (Å²) in [6.45, 7) is 3.44. The van der Waals surface area contributed by atoms with E-state index in [0.717, 1.165) is 24.5 Å². The summed E-state index contributed by atoms with van der Waals surface area (Å²) in [6, 6.07) is 8.03. The van der Waals surface area contributed by atoms with E-state index in [1.54, 1.807) is 6.92 Å². The molecule has 2 saturated heterocycles. The third kappa shape index (κ3) is 8.88. The quantitative estimate of drug-likeness (QED) is 0.212. The van der Waals surface area contributed by atoms with Gasteiger partial charge in [-0.2, -0.15) is 23.7 Å². The molecular formula is C34H28F6N10O2. The van der Waals surface area contributed by atoms with Crippen molar-refractivity contribution in [1.82, 2.24) is 40.4 Å². The molecule has 12 nitrogen and oxygen atoms in total. The van der Waals surface area contributed by atoms with Crippen molar-refractivity contribution in [1.29, 1.82) is 10.5 Å². The molecule has 2 amide bonds. The fourth-order valence-corrected chi connectivity index (χ4v) is 5.48. The molecule has 0 unspecified atom stereocenters. The number of carbonyl (C=O) groups is 2. The highest BCUT2D eigenvalue weighted by molar-refractivity contribution is 5.95. The number of hydrogen-bond donors (Lipinski definition) is 2. The average molecular weight is 723 g/mol. The second kappa shape index (κ2) is 15.7. The second-order valence-corrected chi connectivity index (χ2v) is 11.8. The van der Waals surface area contributed by atoms with E-state index in [9.17, 15) is 35.9 Å². The van der Waals surface area contributed by atoms with Crippen molar-refractivity contribution in [3.63, 3.8) is 0 Å². The van der Waals surface area contributed by atoms with E-state index in [4.69, 9.17) is 10.5 Å². The van der Waals surface area contributed by atoms with Gasteiger partial charge in [0.2, 0.25) is 5.82 Å². The summed E-state index contributed by atoms with van der Waals surface area (Å²) in [4.78, 5) is 41.7. The lowest BCUT2D eigenvalue weighted by Gasteiger charge is -2.13. The number of rotatable bonds is 6. The Morgan fingerprint density at radius 2 is 1.33 bits per heavy atom. The zero-order valence-electron chi connectivity index (χ0n) is 27.3. The normalized spacial score (nSPS) is 16.7. The maximum atomic E-state index is 14.3. The van der Waals surface area contributed by atoms with Gasteiger partial charge in [0.1, 0.15) is 23.2 Å². The van der Waals surface area contributed by atoms with Crippen LogP contribution in [0.2, 0.25) is 0 Å². The second-order valence-electron chi connectivity index (χ2n) is 11.8. The fraction of sp³-hybridized carbons (Fsp3) is 0.294. The third-order valence-electron chi connectivity index (χ3n) is 8.10. The predicted molar refractivity (Wildman–Crippen MR) is 171 cm³/mol. The van der Waals surface area contributed by atoms with Crippen LogP contribution >= 0.6 is 0 Å². The molecule has 2 aromatic carbocycles. The minimum Gasteiger partial charge on any atom is -0.347 e. The number of nitrogens with one attached hydrogen (secondary N) is 2. The zero-order valence-corrected chi connectivity index (χ0v) is 27.3. The molecule has 2 aromatic heterocycles. The Kier molecular flexibility index (Phi) is 11.2. The van der Waals surface area contributed by atoms with Crippen LogP contribution in [0.1, 0.15) is 45.2 Å². The number of hydrogen-bond acceptors (Lipinski definition) is 10. The van der Waals surface area contributed by atoms with E-state index in [1.165, 1.54) is 40.1 Å². The highest BCUT2D eigenvalue weighted by Crippen LogP contribution is 2.28. The maximum absolute atomic E-state index is 14.3. The van der Waals surface area contributed by atoms with Crippen LogP contribution in [0.5, 0.6) is 0 Å². The Morgan fingerprint density at radius 3 is 1.83 bits per heavy atom.